The molecule has 2 heterocycles. The number of carbonyl (C=O) groups is 1. The van der Waals surface area contributed by atoms with Crippen LogP contribution in [0.5, 0.6) is 0 Å². The molecule has 2 aliphatic heterocycles. The van der Waals surface area contributed by atoms with Gasteiger partial charge in [0.1, 0.15) is 24.4 Å². The SMILES string of the molecule is COC1=CC(=O)O[C@@H]1O[C@@H]1O[C@H](CO)[C@@H](O)[C@H](O)[C@H]1O. The maximum atomic E-state index is 11.1. The fourth-order valence-corrected chi connectivity index (χ4v) is 1.93. The number of hydrogen-bond donors (Lipinski definition) is 4. The van der Waals surface area contributed by atoms with Gasteiger partial charge in [0.2, 0.25) is 0 Å². The van der Waals surface area contributed by atoms with Crippen LogP contribution in [0.2, 0.25) is 0 Å². The second kappa shape index (κ2) is 6.04. The number of methoxy groups -OCH3 is 1. The number of hydrogen-bond acceptors (Lipinski definition) is 9. The maximum Gasteiger partial charge on any atom is 0.337 e. The first kappa shape index (κ1) is 15.2. The summed E-state index contributed by atoms with van der Waals surface area (Å²) in [5.41, 5.74) is 0. The molecule has 0 amide bonds. The number of ether oxygens (including phenoxy) is 4. The van der Waals surface area contributed by atoms with E-state index in [4.69, 9.17) is 24.1 Å². The van der Waals surface area contributed by atoms with E-state index in [1.54, 1.807) is 0 Å². The van der Waals surface area contributed by atoms with E-state index >= 15 is 0 Å². The van der Waals surface area contributed by atoms with Crippen molar-refractivity contribution in [2.45, 2.75) is 37.0 Å². The van der Waals surface area contributed by atoms with Gasteiger partial charge in [-0.2, -0.15) is 0 Å². The van der Waals surface area contributed by atoms with E-state index in [0.717, 1.165) is 6.08 Å². The van der Waals surface area contributed by atoms with Crippen molar-refractivity contribution in [1.29, 1.82) is 0 Å². The minimum Gasteiger partial charge on any atom is -0.494 e. The normalized spacial score (nSPS) is 41.2. The van der Waals surface area contributed by atoms with E-state index in [1.165, 1.54) is 7.11 Å². The first-order valence-electron chi connectivity index (χ1n) is 5.90. The number of rotatable bonds is 4. The number of aliphatic hydroxyl groups is 4. The summed E-state index contributed by atoms with van der Waals surface area (Å²) in [6, 6.07) is 0. The van der Waals surface area contributed by atoms with Crippen LogP contribution in [0, 0.1) is 0 Å². The highest BCUT2D eigenvalue weighted by atomic mass is 16.8. The second-order valence-electron chi connectivity index (χ2n) is 4.35. The Morgan fingerprint density at radius 3 is 2.55 bits per heavy atom. The van der Waals surface area contributed by atoms with Gasteiger partial charge in [-0.1, -0.05) is 0 Å². The molecule has 0 aromatic carbocycles. The summed E-state index contributed by atoms with van der Waals surface area (Å²) in [5.74, 6) is -0.608. The van der Waals surface area contributed by atoms with Crippen LogP contribution in [0.3, 0.4) is 0 Å². The lowest BCUT2D eigenvalue weighted by atomic mass is 9.99. The Balaban J connectivity index is 2.05. The highest BCUT2D eigenvalue weighted by Crippen LogP contribution is 2.26. The lowest BCUT2D eigenvalue weighted by Gasteiger charge is -2.40. The fourth-order valence-electron chi connectivity index (χ4n) is 1.93. The van der Waals surface area contributed by atoms with Crippen LogP contribution in [0.1, 0.15) is 0 Å². The van der Waals surface area contributed by atoms with Gasteiger partial charge in [0.05, 0.1) is 19.8 Å². The topological polar surface area (TPSA) is 135 Å². The Morgan fingerprint density at radius 1 is 1.25 bits per heavy atom. The second-order valence-corrected chi connectivity index (χ2v) is 4.35. The van der Waals surface area contributed by atoms with E-state index in [2.05, 4.69) is 0 Å². The van der Waals surface area contributed by atoms with Gasteiger partial charge >= 0.3 is 5.97 Å². The van der Waals surface area contributed by atoms with Crippen LogP contribution < -0.4 is 0 Å². The van der Waals surface area contributed by atoms with Crippen molar-refractivity contribution in [3.8, 4) is 0 Å². The number of aliphatic hydroxyl groups excluding tert-OH is 4. The molecule has 0 aromatic heterocycles. The molecule has 9 nitrogen and oxygen atoms in total. The molecular weight excluding hydrogens is 276 g/mol. The van der Waals surface area contributed by atoms with Crippen molar-refractivity contribution < 1.29 is 44.2 Å². The third kappa shape index (κ3) is 2.77. The van der Waals surface area contributed by atoms with Gasteiger partial charge in [0.15, 0.2) is 12.0 Å². The van der Waals surface area contributed by atoms with Crippen molar-refractivity contribution in [3.63, 3.8) is 0 Å². The van der Waals surface area contributed by atoms with E-state index in [0.29, 0.717) is 0 Å². The van der Waals surface area contributed by atoms with Crippen molar-refractivity contribution >= 4 is 5.97 Å². The lowest BCUT2D eigenvalue weighted by Crippen LogP contribution is -2.59. The lowest BCUT2D eigenvalue weighted by molar-refractivity contribution is -0.328. The fraction of sp³-hybridized carbons (Fsp3) is 0.727. The third-order valence-electron chi connectivity index (χ3n) is 3.06. The molecule has 114 valence electrons. The van der Waals surface area contributed by atoms with Crippen LogP contribution in [0.15, 0.2) is 11.8 Å². The van der Waals surface area contributed by atoms with Gasteiger partial charge in [-0.3, -0.25) is 0 Å². The predicted octanol–water partition coefficient (Wildman–Crippen LogP) is -2.78. The van der Waals surface area contributed by atoms with Gasteiger partial charge in [-0.25, -0.2) is 4.79 Å². The number of cyclic esters (lactones) is 1. The molecule has 6 atom stereocenters. The first-order chi connectivity index (χ1) is 9.47. The van der Waals surface area contributed by atoms with Gasteiger partial charge in [-0.05, 0) is 0 Å². The molecule has 0 radical (unpaired) electrons. The first-order valence-corrected chi connectivity index (χ1v) is 5.90. The summed E-state index contributed by atoms with van der Waals surface area (Å²) >= 11 is 0. The van der Waals surface area contributed by atoms with Gasteiger partial charge < -0.3 is 39.4 Å². The molecule has 0 saturated carbocycles. The zero-order valence-electron chi connectivity index (χ0n) is 10.6. The minimum absolute atomic E-state index is 0.0759. The smallest absolute Gasteiger partial charge is 0.337 e. The van der Waals surface area contributed by atoms with Crippen LogP contribution in [0.4, 0.5) is 0 Å². The quantitative estimate of drug-likeness (QED) is 0.406. The molecule has 1 saturated heterocycles. The molecule has 0 bridgehead atoms. The standard InChI is InChI=1S/C11H16O9/c1-17-4-2-6(13)19-10(4)20-11-9(16)8(15)7(14)5(3-12)18-11/h2,5,7-12,14-16H,3H2,1H3/t5-,7-,8+,9-,10-,11+/m1/s1. The average Bonchev–Trinajstić information content (AvgIpc) is 2.79. The molecule has 2 rings (SSSR count). The van der Waals surface area contributed by atoms with E-state index < -0.39 is 49.6 Å². The van der Waals surface area contributed by atoms with Crippen LogP contribution in [-0.4, -0.2) is 77.1 Å². The highest BCUT2D eigenvalue weighted by Gasteiger charge is 2.46. The van der Waals surface area contributed by atoms with E-state index in [9.17, 15) is 20.1 Å². The molecule has 1 fully saturated rings. The molecule has 0 aliphatic carbocycles. The largest absolute Gasteiger partial charge is 0.494 e. The van der Waals surface area contributed by atoms with Crippen molar-refractivity contribution in [2.24, 2.45) is 0 Å². The molecule has 0 unspecified atom stereocenters. The zero-order chi connectivity index (χ0) is 14.9. The zero-order valence-corrected chi connectivity index (χ0v) is 10.6. The summed E-state index contributed by atoms with van der Waals surface area (Å²) in [4.78, 5) is 11.1. The van der Waals surface area contributed by atoms with E-state index in [-0.39, 0.29) is 5.76 Å². The molecule has 9 heteroatoms. The summed E-state index contributed by atoms with van der Waals surface area (Å²) in [6.07, 6.45) is -7.31. The Morgan fingerprint density at radius 2 is 1.95 bits per heavy atom. The Bertz CT molecular complexity index is 393. The van der Waals surface area contributed by atoms with E-state index in [1.807, 2.05) is 0 Å². The third-order valence-corrected chi connectivity index (χ3v) is 3.06. The maximum absolute atomic E-state index is 11.1. The molecule has 2 aliphatic rings. The Kier molecular flexibility index (Phi) is 4.58. The van der Waals surface area contributed by atoms with Gasteiger partial charge in [0.25, 0.3) is 6.29 Å². The van der Waals surface area contributed by atoms with Crippen LogP contribution >= 0.6 is 0 Å². The van der Waals surface area contributed by atoms with Crippen molar-refractivity contribution in [2.75, 3.05) is 13.7 Å². The van der Waals surface area contributed by atoms with Crippen LogP contribution in [-0.2, 0) is 23.7 Å². The molecule has 0 spiro atoms. The summed E-state index contributed by atoms with van der Waals surface area (Å²) in [5, 5.41) is 38.0. The summed E-state index contributed by atoms with van der Waals surface area (Å²) in [7, 11) is 1.30. The molecule has 0 aromatic rings. The highest BCUT2D eigenvalue weighted by molar-refractivity contribution is 5.85. The number of esters is 1. The van der Waals surface area contributed by atoms with Gasteiger partial charge in [-0.15, -0.1) is 0 Å². The Labute approximate surface area is 113 Å². The van der Waals surface area contributed by atoms with Gasteiger partial charge in [0, 0.05) is 0 Å². The minimum atomic E-state index is -1.58. The average molecular weight is 292 g/mol. The van der Waals surface area contributed by atoms with Crippen molar-refractivity contribution in [3.05, 3.63) is 11.8 Å². The molecular formula is C11H16O9. The van der Waals surface area contributed by atoms with Crippen molar-refractivity contribution in [1.82, 2.24) is 0 Å². The summed E-state index contributed by atoms with van der Waals surface area (Å²) in [6.45, 7) is -0.581. The molecule has 20 heavy (non-hydrogen) atoms. The Hall–Kier alpha value is -1.23. The number of carbonyl (C=O) groups excluding carboxylic acids is 1. The van der Waals surface area contributed by atoms with Crippen LogP contribution in [0.25, 0.3) is 0 Å². The monoisotopic (exact) mass is 292 g/mol. The summed E-state index contributed by atoms with van der Waals surface area (Å²) < 4.78 is 19.9. The molecule has 4 N–H and O–H groups in total. The predicted molar refractivity (Wildman–Crippen MR) is 59.8 cm³/mol.